The number of para-hydroxylation sites is 1. The summed E-state index contributed by atoms with van der Waals surface area (Å²) in [6.07, 6.45) is 7.06. The summed E-state index contributed by atoms with van der Waals surface area (Å²) in [6.45, 7) is 0. The van der Waals surface area contributed by atoms with Gasteiger partial charge in [0.2, 0.25) is 10.0 Å². The molecule has 3 unspecified atom stereocenters. The van der Waals surface area contributed by atoms with Crippen LogP contribution >= 0.6 is 0 Å². The van der Waals surface area contributed by atoms with Gasteiger partial charge in [-0.2, -0.15) is 0 Å². The molecule has 3 aliphatic carbocycles. The van der Waals surface area contributed by atoms with E-state index in [0.717, 1.165) is 30.4 Å². The van der Waals surface area contributed by atoms with Crippen LogP contribution in [0.1, 0.15) is 38.5 Å². The highest BCUT2D eigenvalue weighted by atomic mass is 32.2. The number of fused-ring (bicyclic) bond motifs is 2. The molecule has 0 saturated heterocycles. The molecule has 1 aromatic carbocycles. The van der Waals surface area contributed by atoms with Crippen LogP contribution in [0.15, 0.2) is 29.2 Å². The largest absolute Gasteiger partial charge is 0.381 e. The first kappa shape index (κ1) is 13.6. The van der Waals surface area contributed by atoms with E-state index in [1.54, 1.807) is 12.1 Å². The number of hydrogen-bond acceptors (Lipinski definition) is 3. The van der Waals surface area contributed by atoms with Crippen LogP contribution in [0.25, 0.3) is 0 Å². The normalized spacial score (nSPS) is 31.5. The maximum atomic E-state index is 12.5. The Morgan fingerprint density at radius 2 is 1.81 bits per heavy atom. The molecule has 2 N–H and O–H groups in total. The summed E-state index contributed by atoms with van der Waals surface area (Å²) in [5.74, 6) is 1.57. The van der Waals surface area contributed by atoms with E-state index in [1.165, 1.54) is 25.7 Å². The average molecular weight is 306 g/mol. The Hall–Kier alpha value is -1.07. The van der Waals surface area contributed by atoms with Crippen molar-refractivity contribution in [3.63, 3.8) is 0 Å². The van der Waals surface area contributed by atoms with Crippen molar-refractivity contribution in [3.8, 4) is 0 Å². The zero-order valence-electron chi connectivity index (χ0n) is 12.1. The van der Waals surface area contributed by atoms with Crippen LogP contribution in [0, 0.1) is 11.8 Å². The summed E-state index contributed by atoms with van der Waals surface area (Å²) in [5.41, 5.74) is 0.767. The number of anilines is 1. The predicted octanol–water partition coefficient (Wildman–Crippen LogP) is 2.73. The molecule has 3 saturated carbocycles. The number of rotatable bonds is 5. The van der Waals surface area contributed by atoms with Crippen LogP contribution in [-0.4, -0.2) is 20.5 Å². The summed E-state index contributed by atoms with van der Waals surface area (Å²) < 4.78 is 27.7. The standard InChI is InChI=1S/C16H22N2O2S/c19-21(20,18-13-7-8-13)16-4-2-1-3-14(16)17-15-10-11-5-6-12(15)9-11/h1-4,11-13,15,17-18H,5-10H2. The number of benzene rings is 1. The predicted molar refractivity (Wildman–Crippen MR) is 82.6 cm³/mol. The molecule has 2 bridgehead atoms. The van der Waals surface area contributed by atoms with Crippen molar-refractivity contribution in [3.05, 3.63) is 24.3 Å². The molecule has 21 heavy (non-hydrogen) atoms. The Labute approximate surface area is 126 Å². The molecule has 1 aromatic rings. The molecule has 4 rings (SSSR count). The molecule has 3 aliphatic rings. The van der Waals surface area contributed by atoms with E-state index in [4.69, 9.17) is 0 Å². The first-order chi connectivity index (χ1) is 10.1. The minimum absolute atomic E-state index is 0.144. The molecule has 0 radical (unpaired) electrons. The van der Waals surface area contributed by atoms with Crippen molar-refractivity contribution in [2.75, 3.05) is 5.32 Å². The van der Waals surface area contributed by atoms with Gasteiger partial charge in [0.1, 0.15) is 4.90 Å². The van der Waals surface area contributed by atoms with Crippen LogP contribution in [0.2, 0.25) is 0 Å². The summed E-state index contributed by atoms with van der Waals surface area (Å²) in [5, 5.41) is 3.52. The molecule has 3 atom stereocenters. The Balaban J connectivity index is 1.57. The highest BCUT2D eigenvalue weighted by molar-refractivity contribution is 7.89. The third-order valence-electron chi connectivity index (χ3n) is 5.15. The maximum absolute atomic E-state index is 12.5. The van der Waals surface area contributed by atoms with Crippen LogP contribution in [0.3, 0.4) is 0 Å². The van der Waals surface area contributed by atoms with E-state index < -0.39 is 10.0 Å². The first-order valence-electron chi connectivity index (χ1n) is 8.00. The van der Waals surface area contributed by atoms with Gasteiger partial charge in [0.15, 0.2) is 0 Å². The summed E-state index contributed by atoms with van der Waals surface area (Å²) in [4.78, 5) is 0.402. The van der Waals surface area contributed by atoms with Gasteiger partial charge in [-0.1, -0.05) is 18.6 Å². The van der Waals surface area contributed by atoms with E-state index in [9.17, 15) is 8.42 Å². The maximum Gasteiger partial charge on any atom is 0.242 e. The Kier molecular flexibility index (Phi) is 3.23. The molecule has 0 spiro atoms. The van der Waals surface area contributed by atoms with Crippen molar-refractivity contribution < 1.29 is 8.42 Å². The second-order valence-corrected chi connectivity index (χ2v) is 8.50. The lowest BCUT2D eigenvalue weighted by Gasteiger charge is -2.25. The topological polar surface area (TPSA) is 58.2 Å². The SMILES string of the molecule is O=S(=O)(NC1CC1)c1ccccc1NC1CC2CCC1C2. The van der Waals surface area contributed by atoms with Crippen LogP contribution in [-0.2, 0) is 10.0 Å². The molecule has 5 heteroatoms. The van der Waals surface area contributed by atoms with Gasteiger partial charge in [-0.25, -0.2) is 13.1 Å². The third-order valence-corrected chi connectivity index (χ3v) is 6.73. The smallest absolute Gasteiger partial charge is 0.242 e. The highest BCUT2D eigenvalue weighted by Gasteiger charge is 2.40. The lowest BCUT2D eigenvalue weighted by Crippen LogP contribution is -2.29. The van der Waals surface area contributed by atoms with E-state index in [1.807, 2.05) is 12.1 Å². The van der Waals surface area contributed by atoms with E-state index in [0.29, 0.717) is 10.9 Å². The minimum atomic E-state index is -3.39. The van der Waals surface area contributed by atoms with Gasteiger partial charge < -0.3 is 5.32 Å². The summed E-state index contributed by atoms with van der Waals surface area (Å²) in [6, 6.07) is 7.90. The lowest BCUT2D eigenvalue weighted by molar-refractivity contribution is 0.439. The third kappa shape index (κ3) is 2.69. The number of nitrogens with one attached hydrogen (secondary N) is 2. The molecule has 0 aromatic heterocycles. The Bertz CT molecular complexity index is 639. The second-order valence-electron chi connectivity index (χ2n) is 6.82. The van der Waals surface area contributed by atoms with Crippen molar-refractivity contribution >= 4 is 15.7 Å². The highest BCUT2D eigenvalue weighted by Crippen LogP contribution is 2.45. The molecule has 0 aliphatic heterocycles. The van der Waals surface area contributed by atoms with Crippen molar-refractivity contribution in [2.24, 2.45) is 11.8 Å². The van der Waals surface area contributed by atoms with Gasteiger partial charge >= 0.3 is 0 Å². The van der Waals surface area contributed by atoms with Crippen molar-refractivity contribution in [2.45, 2.75) is 55.5 Å². The Morgan fingerprint density at radius 3 is 2.48 bits per heavy atom. The van der Waals surface area contributed by atoms with E-state index in [2.05, 4.69) is 10.0 Å². The van der Waals surface area contributed by atoms with Gasteiger partial charge in [0.05, 0.1) is 5.69 Å². The molecule has 4 nitrogen and oxygen atoms in total. The van der Waals surface area contributed by atoms with Crippen LogP contribution < -0.4 is 10.0 Å². The van der Waals surface area contributed by atoms with Crippen LogP contribution in [0.4, 0.5) is 5.69 Å². The molecule has 0 heterocycles. The van der Waals surface area contributed by atoms with E-state index >= 15 is 0 Å². The quantitative estimate of drug-likeness (QED) is 0.879. The zero-order valence-corrected chi connectivity index (χ0v) is 12.9. The summed E-state index contributed by atoms with van der Waals surface area (Å²) in [7, 11) is -3.39. The van der Waals surface area contributed by atoms with Gasteiger partial charge in [-0.15, -0.1) is 0 Å². The molecular formula is C16H22N2O2S. The molecular weight excluding hydrogens is 284 g/mol. The van der Waals surface area contributed by atoms with Crippen molar-refractivity contribution in [1.82, 2.24) is 4.72 Å². The lowest BCUT2D eigenvalue weighted by atomic mass is 9.95. The van der Waals surface area contributed by atoms with Gasteiger partial charge in [-0.05, 0) is 56.1 Å². The number of sulfonamides is 1. The average Bonchev–Trinajstić information content (AvgIpc) is 3.01. The van der Waals surface area contributed by atoms with E-state index in [-0.39, 0.29) is 6.04 Å². The summed E-state index contributed by atoms with van der Waals surface area (Å²) >= 11 is 0. The fourth-order valence-corrected chi connectivity index (χ4v) is 5.40. The molecule has 3 fully saturated rings. The van der Waals surface area contributed by atoms with Gasteiger partial charge in [-0.3, -0.25) is 0 Å². The number of hydrogen-bond donors (Lipinski definition) is 2. The Morgan fingerprint density at radius 1 is 1.00 bits per heavy atom. The first-order valence-corrected chi connectivity index (χ1v) is 9.48. The minimum Gasteiger partial charge on any atom is -0.381 e. The molecule has 114 valence electrons. The fourth-order valence-electron chi connectivity index (χ4n) is 3.93. The van der Waals surface area contributed by atoms with Gasteiger partial charge in [0.25, 0.3) is 0 Å². The zero-order chi connectivity index (χ0) is 14.4. The van der Waals surface area contributed by atoms with Crippen LogP contribution in [0.5, 0.6) is 0 Å². The van der Waals surface area contributed by atoms with Gasteiger partial charge in [0, 0.05) is 12.1 Å². The fraction of sp³-hybridized carbons (Fsp3) is 0.625. The monoisotopic (exact) mass is 306 g/mol. The second kappa shape index (κ2) is 4.99. The molecule has 0 amide bonds. The van der Waals surface area contributed by atoms with Crippen molar-refractivity contribution in [1.29, 1.82) is 0 Å².